The predicted molar refractivity (Wildman–Crippen MR) is 140 cm³/mol. The molecule has 4 bridgehead atoms. The molecule has 202 valence electrons. The summed E-state index contributed by atoms with van der Waals surface area (Å²) < 4.78 is 19.6. The van der Waals surface area contributed by atoms with E-state index >= 15 is 0 Å². The highest BCUT2D eigenvalue weighted by Gasteiger charge is 2.45. The fourth-order valence-corrected chi connectivity index (χ4v) is 6.61. The number of aryl methyl sites for hydroxylation is 1. The lowest BCUT2D eigenvalue weighted by atomic mass is 10.2. The van der Waals surface area contributed by atoms with Crippen molar-refractivity contribution in [3.63, 3.8) is 0 Å². The third kappa shape index (κ3) is 4.85. The third-order valence-corrected chi connectivity index (χ3v) is 8.25. The molecule has 0 aliphatic carbocycles. The molecule has 1 amide bonds. The van der Waals surface area contributed by atoms with Crippen molar-refractivity contribution >= 4 is 22.9 Å². The van der Waals surface area contributed by atoms with Crippen LogP contribution < -0.4 is 9.64 Å². The summed E-state index contributed by atoms with van der Waals surface area (Å²) >= 11 is 0. The molecule has 2 aromatic rings. The maximum atomic E-state index is 12.9. The largest absolute Gasteiger partial charge is 0.463 e. The topological polar surface area (TPSA) is 85.2 Å². The fraction of sp³-hybridized carbons (Fsp3) is 0.741. The van der Waals surface area contributed by atoms with Crippen LogP contribution in [0.3, 0.4) is 0 Å². The van der Waals surface area contributed by atoms with Gasteiger partial charge in [0, 0.05) is 45.0 Å². The number of nitrogens with zero attached hydrogens (tertiary/aromatic N) is 6. The molecule has 0 saturated carbocycles. The van der Waals surface area contributed by atoms with Gasteiger partial charge in [-0.3, -0.25) is 9.80 Å². The first-order chi connectivity index (χ1) is 17.8. The Morgan fingerprint density at radius 3 is 2.41 bits per heavy atom. The molecule has 0 N–H and O–H groups in total. The predicted octanol–water partition coefficient (Wildman–Crippen LogP) is 3.19. The van der Waals surface area contributed by atoms with Gasteiger partial charge in [0.2, 0.25) is 0 Å². The monoisotopic (exact) mass is 512 g/mol. The van der Waals surface area contributed by atoms with Crippen molar-refractivity contribution in [3.8, 4) is 6.01 Å². The summed E-state index contributed by atoms with van der Waals surface area (Å²) in [6.45, 7) is 10.5. The van der Waals surface area contributed by atoms with E-state index in [0.29, 0.717) is 24.7 Å². The molecule has 6 rings (SSSR count). The number of anilines is 1. The molecule has 0 aromatic carbocycles. The maximum Gasteiger partial charge on any atom is 0.410 e. The Morgan fingerprint density at radius 2 is 1.73 bits per heavy atom. The van der Waals surface area contributed by atoms with Crippen molar-refractivity contribution in [1.29, 1.82) is 0 Å². The second kappa shape index (κ2) is 9.62. The molecular formula is C27H40N6O4. The van der Waals surface area contributed by atoms with Gasteiger partial charge >= 0.3 is 12.1 Å². The Labute approximate surface area is 218 Å². The minimum Gasteiger partial charge on any atom is -0.463 e. The highest BCUT2D eigenvalue weighted by Crippen LogP contribution is 2.36. The van der Waals surface area contributed by atoms with Gasteiger partial charge in [0.1, 0.15) is 11.1 Å². The first-order valence-electron chi connectivity index (χ1n) is 13.8. The SMILES string of the molecule is Cn1ccc2nc(OCCCN3C4CCC3COC4)nc(N3CC4CCC(C3)N4C(=O)OC(C)(C)C)c21. The zero-order chi connectivity index (χ0) is 25.7. The average Bonchev–Trinajstić information content (AvgIpc) is 3.42. The molecule has 0 radical (unpaired) electrons. The van der Waals surface area contributed by atoms with Gasteiger partial charge in [-0.25, -0.2) is 4.79 Å². The molecule has 2 aromatic heterocycles. The molecule has 4 saturated heterocycles. The molecule has 4 fully saturated rings. The van der Waals surface area contributed by atoms with Crippen LogP contribution in [0.25, 0.3) is 11.0 Å². The van der Waals surface area contributed by atoms with Gasteiger partial charge in [0.05, 0.1) is 37.4 Å². The number of aromatic nitrogens is 3. The van der Waals surface area contributed by atoms with Gasteiger partial charge in [-0.2, -0.15) is 9.97 Å². The van der Waals surface area contributed by atoms with Crippen LogP contribution in [-0.2, 0) is 16.5 Å². The molecule has 6 heterocycles. The minimum absolute atomic E-state index is 0.118. The van der Waals surface area contributed by atoms with E-state index in [2.05, 4.69) is 14.4 Å². The number of hydrogen-bond acceptors (Lipinski definition) is 8. The number of amides is 1. The van der Waals surface area contributed by atoms with Gasteiger partial charge < -0.3 is 23.7 Å². The standard InChI is InChI=1S/C27H40N6O4/c1-27(2,3)37-26(34)33-18-6-7-19(33)15-31(14-18)24-23-22(10-12-30(23)4)28-25(29-24)36-13-5-11-32-20-8-9-21(32)17-35-16-20/h10,12,18-21H,5-9,11,13-17H2,1-4H3. The van der Waals surface area contributed by atoms with Crippen LogP contribution >= 0.6 is 0 Å². The highest BCUT2D eigenvalue weighted by atomic mass is 16.6. The first kappa shape index (κ1) is 24.7. The van der Waals surface area contributed by atoms with Gasteiger partial charge in [-0.05, 0) is 58.9 Å². The molecule has 4 atom stereocenters. The molecule has 10 nitrogen and oxygen atoms in total. The van der Waals surface area contributed by atoms with E-state index in [1.165, 1.54) is 12.8 Å². The van der Waals surface area contributed by atoms with Crippen LogP contribution in [0.15, 0.2) is 12.3 Å². The lowest BCUT2D eigenvalue weighted by molar-refractivity contribution is -0.0161. The Hall–Kier alpha value is -2.59. The van der Waals surface area contributed by atoms with E-state index in [4.69, 9.17) is 24.2 Å². The van der Waals surface area contributed by atoms with Gasteiger partial charge in [-0.15, -0.1) is 0 Å². The van der Waals surface area contributed by atoms with E-state index in [1.54, 1.807) is 0 Å². The molecule has 0 spiro atoms. The molecular weight excluding hydrogens is 472 g/mol. The van der Waals surface area contributed by atoms with Crippen molar-refractivity contribution in [1.82, 2.24) is 24.3 Å². The number of ether oxygens (including phenoxy) is 3. The lowest BCUT2D eigenvalue weighted by Gasteiger charge is -2.42. The number of hydrogen-bond donors (Lipinski definition) is 0. The van der Waals surface area contributed by atoms with Gasteiger partial charge in [0.15, 0.2) is 5.82 Å². The van der Waals surface area contributed by atoms with Gasteiger partial charge in [0.25, 0.3) is 0 Å². The van der Waals surface area contributed by atoms with E-state index < -0.39 is 5.60 Å². The molecule has 4 aliphatic heterocycles. The smallest absolute Gasteiger partial charge is 0.410 e. The van der Waals surface area contributed by atoms with Crippen molar-refractivity contribution in [2.45, 2.75) is 82.6 Å². The summed E-state index contributed by atoms with van der Waals surface area (Å²) in [4.78, 5) is 29.4. The number of rotatable bonds is 6. The van der Waals surface area contributed by atoms with E-state index in [0.717, 1.165) is 69.0 Å². The van der Waals surface area contributed by atoms with Crippen LogP contribution in [0.4, 0.5) is 10.6 Å². The second-order valence-electron chi connectivity index (χ2n) is 12.0. The first-order valence-corrected chi connectivity index (χ1v) is 13.8. The van der Waals surface area contributed by atoms with Crippen LogP contribution in [-0.4, -0.2) is 99.7 Å². The van der Waals surface area contributed by atoms with Crippen molar-refractivity contribution in [3.05, 3.63) is 12.3 Å². The van der Waals surface area contributed by atoms with Crippen LogP contribution in [0, 0.1) is 0 Å². The summed E-state index contributed by atoms with van der Waals surface area (Å²) in [5, 5.41) is 0. The Balaban J connectivity index is 1.15. The Morgan fingerprint density at radius 1 is 1.05 bits per heavy atom. The number of fused-ring (bicyclic) bond motifs is 5. The number of piperazine rings is 1. The van der Waals surface area contributed by atoms with Crippen molar-refractivity contribution in [2.75, 3.05) is 44.4 Å². The molecule has 4 unspecified atom stereocenters. The highest BCUT2D eigenvalue weighted by molar-refractivity contribution is 5.87. The van der Waals surface area contributed by atoms with Crippen molar-refractivity contribution in [2.24, 2.45) is 7.05 Å². The summed E-state index contributed by atoms with van der Waals surface area (Å²) in [6, 6.07) is 3.82. The summed E-state index contributed by atoms with van der Waals surface area (Å²) in [6.07, 6.45) is 7.20. The number of carbonyl (C=O) groups is 1. The average molecular weight is 513 g/mol. The third-order valence-electron chi connectivity index (χ3n) is 8.25. The summed E-state index contributed by atoms with van der Waals surface area (Å²) in [7, 11) is 2.03. The summed E-state index contributed by atoms with van der Waals surface area (Å²) in [5.41, 5.74) is 1.39. The zero-order valence-electron chi connectivity index (χ0n) is 22.6. The van der Waals surface area contributed by atoms with Crippen LogP contribution in [0.5, 0.6) is 6.01 Å². The van der Waals surface area contributed by atoms with Crippen LogP contribution in [0.1, 0.15) is 52.9 Å². The van der Waals surface area contributed by atoms with E-state index in [9.17, 15) is 4.79 Å². The minimum atomic E-state index is -0.497. The molecule has 4 aliphatic rings. The quantitative estimate of drug-likeness (QED) is 0.546. The summed E-state index contributed by atoms with van der Waals surface area (Å²) in [5.74, 6) is 0.888. The Bertz CT molecular complexity index is 1120. The van der Waals surface area contributed by atoms with E-state index in [-0.39, 0.29) is 18.2 Å². The van der Waals surface area contributed by atoms with Gasteiger partial charge in [-0.1, -0.05) is 0 Å². The lowest BCUT2D eigenvalue weighted by Crippen LogP contribution is -2.57. The fourth-order valence-electron chi connectivity index (χ4n) is 6.61. The molecule has 37 heavy (non-hydrogen) atoms. The van der Waals surface area contributed by atoms with Crippen LogP contribution in [0.2, 0.25) is 0 Å². The normalized spacial score (nSPS) is 27.8. The second-order valence-corrected chi connectivity index (χ2v) is 12.0. The Kier molecular flexibility index (Phi) is 6.43. The maximum absolute atomic E-state index is 12.9. The zero-order valence-corrected chi connectivity index (χ0v) is 22.6. The number of carbonyl (C=O) groups excluding carboxylic acids is 1. The number of morpholine rings is 1. The van der Waals surface area contributed by atoms with E-state index in [1.807, 2.05) is 45.0 Å². The van der Waals surface area contributed by atoms with Crippen molar-refractivity contribution < 1.29 is 19.0 Å². The molecule has 10 heteroatoms.